The lowest BCUT2D eigenvalue weighted by molar-refractivity contribution is 0.281. The fraction of sp³-hybridized carbons (Fsp3) is 0.294. The Hall–Kier alpha value is -2.00. The van der Waals surface area contributed by atoms with Gasteiger partial charge in [-0.25, -0.2) is 0 Å². The van der Waals surface area contributed by atoms with Crippen LogP contribution in [0.25, 0.3) is 0 Å². The van der Waals surface area contributed by atoms with Crippen LogP contribution in [0, 0.1) is 0 Å². The molecule has 1 heterocycles. The Morgan fingerprint density at radius 1 is 1.05 bits per heavy atom. The highest BCUT2D eigenvalue weighted by atomic mass is 16.5. The molecule has 3 rings (SSSR count). The Morgan fingerprint density at radius 3 is 2.65 bits per heavy atom. The summed E-state index contributed by atoms with van der Waals surface area (Å²) in [6.45, 7) is 1.68. The Bertz CT molecular complexity index is 578. The predicted molar refractivity (Wildman–Crippen MR) is 79.9 cm³/mol. The number of anilines is 1. The summed E-state index contributed by atoms with van der Waals surface area (Å²) in [7, 11) is 0. The Kier molecular flexibility index (Phi) is 3.88. The van der Waals surface area contributed by atoms with Gasteiger partial charge in [-0.2, -0.15) is 0 Å². The number of aliphatic hydroxyl groups excluding tert-OH is 1. The number of hydrogen-bond donors (Lipinski definition) is 2. The van der Waals surface area contributed by atoms with Gasteiger partial charge in [0.1, 0.15) is 12.4 Å². The van der Waals surface area contributed by atoms with Gasteiger partial charge in [-0.15, -0.1) is 0 Å². The maximum Gasteiger partial charge on any atom is 0.125 e. The van der Waals surface area contributed by atoms with Crippen LogP contribution in [0.4, 0.5) is 5.69 Å². The SMILES string of the molecule is OCc1ccc(COc2cccc3c2CCCN3)cc1. The summed E-state index contributed by atoms with van der Waals surface area (Å²) in [5.41, 5.74) is 4.52. The molecule has 0 amide bonds. The van der Waals surface area contributed by atoms with Crippen molar-refractivity contribution < 1.29 is 9.84 Å². The zero-order valence-corrected chi connectivity index (χ0v) is 11.4. The second-order valence-electron chi connectivity index (χ2n) is 5.08. The number of nitrogens with one attached hydrogen (secondary N) is 1. The molecule has 0 bridgehead atoms. The summed E-state index contributed by atoms with van der Waals surface area (Å²) in [6, 6.07) is 14.0. The van der Waals surface area contributed by atoms with Crippen LogP contribution in [0.3, 0.4) is 0 Å². The number of hydrogen-bond acceptors (Lipinski definition) is 3. The first-order chi connectivity index (χ1) is 9.86. The van der Waals surface area contributed by atoms with Gasteiger partial charge in [-0.1, -0.05) is 30.3 Å². The molecule has 2 aromatic rings. The minimum Gasteiger partial charge on any atom is -0.489 e. The zero-order valence-electron chi connectivity index (χ0n) is 11.4. The van der Waals surface area contributed by atoms with Crippen molar-refractivity contribution in [1.29, 1.82) is 0 Å². The topological polar surface area (TPSA) is 41.5 Å². The van der Waals surface area contributed by atoms with Crippen LogP contribution in [-0.2, 0) is 19.6 Å². The summed E-state index contributed by atoms with van der Waals surface area (Å²) in [4.78, 5) is 0. The highest BCUT2D eigenvalue weighted by Gasteiger charge is 2.13. The van der Waals surface area contributed by atoms with Crippen molar-refractivity contribution in [3.63, 3.8) is 0 Å². The maximum absolute atomic E-state index is 9.03. The van der Waals surface area contributed by atoms with Gasteiger partial charge in [0.05, 0.1) is 6.61 Å². The lowest BCUT2D eigenvalue weighted by Crippen LogP contribution is -2.12. The van der Waals surface area contributed by atoms with Crippen LogP contribution >= 0.6 is 0 Å². The van der Waals surface area contributed by atoms with E-state index in [4.69, 9.17) is 9.84 Å². The van der Waals surface area contributed by atoms with E-state index >= 15 is 0 Å². The van der Waals surface area contributed by atoms with Gasteiger partial charge >= 0.3 is 0 Å². The summed E-state index contributed by atoms with van der Waals surface area (Å²) >= 11 is 0. The van der Waals surface area contributed by atoms with Crippen LogP contribution in [-0.4, -0.2) is 11.7 Å². The number of benzene rings is 2. The number of fused-ring (bicyclic) bond motifs is 1. The fourth-order valence-electron chi connectivity index (χ4n) is 2.51. The Labute approximate surface area is 119 Å². The molecule has 2 aromatic carbocycles. The van der Waals surface area contributed by atoms with Gasteiger partial charge in [0, 0.05) is 17.8 Å². The van der Waals surface area contributed by atoms with E-state index in [1.54, 1.807) is 0 Å². The Morgan fingerprint density at radius 2 is 1.85 bits per heavy atom. The highest BCUT2D eigenvalue weighted by molar-refractivity contribution is 5.59. The molecule has 0 aliphatic carbocycles. The van der Waals surface area contributed by atoms with E-state index in [0.29, 0.717) is 6.61 Å². The molecule has 104 valence electrons. The quantitative estimate of drug-likeness (QED) is 0.896. The summed E-state index contributed by atoms with van der Waals surface area (Å²) in [6.07, 6.45) is 2.22. The van der Waals surface area contributed by atoms with Crippen molar-refractivity contribution in [3.8, 4) is 5.75 Å². The second kappa shape index (κ2) is 5.97. The lowest BCUT2D eigenvalue weighted by Gasteiger charge is -2.21. The molecule has 3 nitrogen and oxygen atoms in total. The van der Waals surface area contributed by atoms with Crippen LogP contribution < -0.4 is 10.1 Å². The van der Waals surface area contributed by atoms with Gasteiger partial charge < -0.3 is 15.2 Å². The monoisotopic (exact) mass is 269 g/mol. The van der Waals surface area contributed by atoms with E-state index < -0.39 is 0 Å². The largest absolute Gasteiger partial charge is 0.489 e. The smallest absolute Gasteiger partial charge is 0.125 e. The first-order valence-electron chi connectivity index (χ1n) is 7.04. The van der Waals surface area contributed by atoms with Crippen molar-refractivity contribution >= 4 is 5.69 Å². The zero-order chi connectivity index (χ0) is 13.8. The van der Waals surface area contributed by atoms with E-state index in [2.05, 4.69) is 11.4 Å². The Balaban J connectivity index is 1.71. The molecular weight excluding hydrogens is 250 g/mol. The van der Waals surface area contributed by atoms with Gasteiger partial charge in [-0.3, -0.25) is 0 Å². The molecule has 0 saturated heterocycles. The van der Waals surface area contributed by atoms with Gasteiger partial charge in [0.25, 0.3) is 0 Å². The third kappa shape index (κ3) is 2.78. The molecule has 0 spiro atoms. The van der Waals surface area contributed by atoms with Crippen molar-refractivity contribution in [2.24, 2.45) is 0 Å². The van der Waals surface area contributed by atoms with Crippen molar-refractivity contribution in [3.05, 3.63) is 59.2 Å². The average molecular weight is 269 g/mol. The van der Waals surface area contributed by atoms with Crippen LogP contribution in [0.15, 0.2) is 42.5 Å². The number of aliphatic hydroxyl groups is 1. The van der Waals surface area contributed by atoms with Crippen molar-refractivity contribution in [2.75, 3.05) is 11.9 Å². The van der Waals surface area contributed by atoms with E-state index in [-0.39, 0.29) is 6.61 Å². The first kappa shape index (κ1) is 13.0. The van der Waals surface area contributed by atoms with E-state index in [1.807, 2.05) is 36.4 Å². The van der Waals surface area contributed by atoms with E-state index in [9.17, 15) is 0 Å². The average Bonchev–Trinajstić information content (AvgIpc) is 2.53. The van der Waals surface area contributed by atoms with E-state index in [1.165, 1.54) is 11.3 Å². The molecule has 0 fully saturated rings. The molecule has 3 heteroatoms. The molecule has 0 atom stereocenters. The maximum atomic E-state index is 9.03. The molecule has 2 N–H and O–H groups in total. The first-order valence-corrected chi connectivity index (χ1v) is 7.04. The molecule has 1 aliphatic heterocycles. The fourth-order valence-corrected chi connectivity index (χ4v) is 2.51. The molecule has 0 radical (unpaired) electrons. The minimum absolute atomic E-state index is 0.0823. The van der Waals surface area contributed by atoms with Crippen LogP contribution in [0.5, 0.6) is 5.75 Å². The molecular formula is C17H19NO2. The number of rotatable bonds is 4. The molecule has 20 heavy (non-hydrogen) atoms. The minimum atomic E-state index is 0.0823. The van der Waals surface area contributed by atoms with E-state index in [0.717, 1.165) is 36.3 Å². The van der Waals surface area contributed by atoms with Gasteiger partial charge in [0.15, 0.2) is 0 Å². The van der Waals surface area contributed by atoms with Crippen molar-refractivity contribution in [1.82, 2.24) is 0 Å². The lowest BCUT2D eigenvalue weighted by atomic mass is 10.0. The molecule has 0 saturated carbocycles. The molecule has 0 unspecified atom stereocenters. The molecule has 1 aliphatic rings. The molecule has 0 aromatic heterocycles. The standard InChI is InChI=1S/C17H19NO2/c19-11-13-6-8-14(9-7-13)12-20-17-5-1-4-16-15(17)3-2-10-18-16/h1,4-9,18-19H,2-3,10-12H2. The van der Waals surface area contributed by atoms with Gasteiger partial charge in [-0.05, 0) is 36.1 Å². The normalized spacial score (nSPS) is 13.4. The predicted octanol–water partition coefficient (Wildman–Crippen LogP) is 3.12. The summed E-state index contributed by atoms with van der Waals surface area (Å²) in [5, 5.41) is 12.4. The van der Waals surface area contributed by atoms with Crippen LogP contribution in [0.1, 0.15) is 23.1 Å². The second-order valence-corrected chi connectivity index (χ2v) is 5.08. The van der Waals surface area contributed by atoms with Gasteiger partial charge in [0.2, 0.25) is 0 Å². The summed E-state index contributed by atoms with van der Waals surface area (Å²) in [5.74, 6) is 0.973. The summed E-state index contributed by atoms with van der Waals surface area (Å²) < 4.78 is 5.96. The number of ether oxygens (including phenoxy) is 1. The van der Waals surface area contributed by atoms with Crippen molar-refractivity contribution in [2.45, 2.75) is 26.1 Å². The third-order valence-electron chi connectivity index (χ3n) is 3.65. The third-order valence-corrected chi connectivity index (χ3v) is 3.65. The highest BCUT2D eigenvalue weighted by Crippen LogP contribution is 2.31. The van der Waals surface area contributed by atoms with Crippen LogP contribution in [0.2, 0.25) is 0 Å².